The maximum absolute atomic E-state index is 13.2. The molecule has 0 unspecified atom stereocenters. The van der Waals surface area contributed by atoms with Gasteiger partial charge in [-0.1, -0.05) is 29.8 Å². The van der Waals surface area contributed by atoms with E-state index >= 15 is 0 Å². The highest BCUT2D eigenvalue weighted by molar-refractivity contribution is 6.31. The Morgan fingerprint density at radius 1 is 1.22 bits per heavy atom. The van der Waals surface area contributed by atoms with Gasteiger partial charge in [-0.3, -0.25) is 4.79 Å². The van der Waals surface area contributed by atoms with E-state index in [1.165, 1.54) is 0 Å². The van der Waals surface area contributed by atoms with Crippen LogP contribution in [0.3, 0.4) is 0 Å². The molecule has 0 bridgehead atoms. The summed E-state index contributed by atoms with van der Waals surface area (Å²) >= 11 is 6.49. The third kappa shape index (κ3) is 2.59. The molecule has 1 aliphatic heterocycles. The van der Waals surface area contributed by atoms with E-state index in [0.717, 1.165) is 17.0 Å². The molecule has 27 heavy (non-hydrogen) atoms. The van der Waals surface area contributed by atoms with Crippen LogP contribution in [0.5, 0.6) is 0 Å². The normalized spacial score (nSPS) is 21.6. The second kappa shape index (κ2) is 6.09. The van der Waals surface area contributed by atoms with E-state index in [9.17, 15) is 4.79 Å². The van der Waals surface area contributed by atoms with Gasteiger partial charge in [0.05, 0.1) is 6.26 Å². The number of hydrogen-bond acceptors (Lipinski definition) is 5. The van der Waals surface area contributed by atoms with E-state index in [1.807, 2.05) is 43.3 Å². The number of rotatable bonds is 2. The summed E-state index contributed by atoms with van der Waals surface area (Å²) in [5, 5.41) is 8.46. The monoisotopic (exact) mass is 380 g/mol. The molecule has 2 aromatic heterocycles. The Bertz CT molecular complexity index is 1070. The average molecular weight is 381 g/mol. The first kappa shape index (κ1) is 16.3. The van der Waals surface area contributed by atoms with Gasteiger partial charge in [0.25, 0.3) is 0 Å². The Balaban J connectivity index is 1.66. The summed E-state index contributed by atoms with van der Waals surface area (Å²) in [6.07, 6.45) is 2.73. The minimum atomic E-state index is -0.379. The molecule has 6 nitrogen and oxygen atoms in total. The topological polar surface area (TPSA) is 73.0 Å². The molecule has 0 saturated carbocycles. The summed E-state index contributed by atoms with van der Waals surface area (Å²) in [5.41, 5.74) is 2.44. The zero-order valence-electron chi connectivity index (χ0n) is 14.6. The number of Topliss-reactive ketones (excluding diaryl/α,β-unsaturated/α-hetero) is 1. The highest BCUT2D eigenvalue weighted by Gasteiger charge is 2.40. The third-order valence-corrected chi connectivity index (χ3v) is 5.52. The fourth-order valence-electron chi connectivity index (χ4n) is 4.03. The van der Waals surface area contributed by atoms with E-state index in [0.29, 0.717) is 35.2 Å². The Hall–Kier alpha value is -2.86. The van der Waals surface area contributed by atoms with Crippen molar-refractivity contribution in [3.05, 3.63) is 76.1 Å². The lowest BCUT2D eigenvalue weighted by molar-refractivity contribution is -0.117. The molecule has 0 amide bonds. The minimum absolute atomic E-state index is 0.0150. The van der Waals surface area contributed by atoms with Crippen molar-refractivity contribution in [1.82, 2.24) is 14.8 Å². The minimum Gasteiger partial charge on any atom is -0.469 e. The molecule has 1 aromatic carbocycles. The van der Waals surface area contributed by atoms with Gasteiger partial charge in [-0.2, -0.15) is 10.1 Å². The predicted octanol–water partition coefficient (Wildman–Crippen LogP) is 4.25. The van der Waals surface area contributed by atoms with Gasteiger partial charge in [0, 0.05) is 34.2 Å². The first-order valence-corrected chi connectivity index (χ1v) is 9.24. The summed E-state index contributed by atoms with van der Waals surface area (Å²) in [6.45, 7) is 1.84. The van der Waals surface area contributed by atoms with Gasteiger partial charge in [0.2, 0.25) is 5.95 Å². The number of allylic oxidation sites excluding steroid dienone is 2. The highest BCUT2D eigenvalue weighted by atomic mass is 35.5. The number of nitrogens with zero attached hydrogens (tertiary/aromatic N) is 3. The fourth-order valence-corrected chi connectivity index (χ4v) is 4.27. The summed E-state index contributed by atoms with van der Waals surface area (Å²) in [4.78, 5) is 17.7. The molecule has 1 N–H and O–H groups in total. The number of aromatic nitrogens is 3. The average Bonchev–Trinajstić information content (AvgIpc) is 3.29. The van der Waals surface area contributed by atoms with Crippen molar-refractivity contribution in [3.63, 3.8) is 0 Å². The molecule has 2 atom stereocenters. The van der Waals surface area contributed by atoms with Crippen molar-refractivity contribution in [1.29, 1.82) is 0 Å². The van der Waals surface area contributed by atoms with Crippen LogP contribution in [-0.2, 0) is 4.79 Å². The van der Waals surface area contributed by atoms with Crippen molar-refractivity contribution < 1.29 is 9.21 Å². The summed E-state index contributed by atoms with van der Waals surface area (Å²) in [7, 11) is 0. The van der Waals surface area contributed by atoms with Crippen molar-refractivity contribution in [2.75, 3.05) is 5.32 Å². The number of carbonyl (C=O) groups excluding carboxylic acids is 1. The number of aryl methyl sites for hydroxylation is 1. The summed E-state index contributed by atoms with van der Waals surface area (Å²) in [5.74, 6) is 2.19. The van der Waals surface area contributed by atoms with Crippen LogP contribution < -0.4 is 5.32 Å². The van der Waals surface area contributed by atoms with Crippen molar-refractivity contribution in [2.45, 2.75) is 31.7 Å². The Labute approximate surface area is 160 Å². The molecule has 1 aliphatic carbocycles. The van der Waals surface area contributed by atoms with Crippen LogP contribution in [0.2, 0.25) is 5.02 Å². The molecule has 7 heteroatoms. The molecule has 3 heterocycles. The first-order valence-electron chi connectivity index (χ1n) is 8.86. The molecule has 0 fully saturated rings. The second-order valence-corrected chi connectivity index (χ2v) is 7.32. The maximum Gasteiger partial charge on any atom is 0.226 e. The van der Waals surface area contributed by atoms with Crippen molar-refractivity contribution in [2.24, 2.45) is 0 Å². The number of fused-ring (bicyclic) bond motifs is 1. The van der Waals surface area contributed by atoms with E-state index in [4.69, 9.17) is 16.0 Å². The molecule has 2 aliphatic rings. The van der Waals surface area contributed by atoms with Gasteiger partial charge < -0.3 is 9.73 Å². The summed E-state index contributed by atoms with van der Waals surface area (Å²) < 4.78 is 7.31. The smallest absolute Gasteiger partial charge is 0.226 e. The number of nitrogens with one attached hydrogen (secondary N) is 1. The highest BCUT2D eigenvalue weighted by Crippen LogP contribution is 2.45. The fraction of sp³-hybridized carbons (Fsp3) is 0.250. The van der Waals surface area contributed by atoms with Crippen LogP contribution in [0.4, 0.5) is 5.95 Å². The first-order chi connectivity index (χ1) is 13.1. The van der Waals surface area contributed by atoms with Crippen molar-refractivity contribution in [3.8, 4) is 0 Å². The molecular weight excluding hydrogens is 364 g/mol. The largest absolute Gasteiger partial charge is 0.469 e. The van der Waals surface area contributed by atoms with Crippen LogP contribution >= 0.6 is 11.6 Å². The molecule has 5 rings (SSSR count). The van der Waals surface area contributed by atoms with Gasteiger partial charge >= 0.3 is 0 Å². The molecule has 136 valence electrons. The van der Waals surface area contributed by atoms with Crippen LogP contribution in [0, 0.1) is 6.92 Å². The van der Waals surface area contributed by atoms with Crippen molar-refractivity contribution >= 4 is 23.3 Å². The predicted molar refractivity (Wildman–Crippen MR) is 101 cm³/mol. The molecule has 0 spiro atoms. The third-order valence-electron chi connectivity index (χ3n) is 5.17. The van der Waals surface area contributed by atoms with Crippen LogP contribution in [-0.4, -0.2) is 20.5 Å². The second-order valence-electron chi connectivity index (χ2n) is 6.91. The number of ketones is 1. The Kier molecular flexibility index (Phi) is 3.68. The number of furan rings is 1. The van der Waals surface area contributed by atoms with Gasteiger partial charge in [-0.05, 0) is 31.5 Å². The molecule has 0 saturated heterocycles. The molecular formula is C20H17ClN4O2. The lowest BCUT2D eigenvalue weighted by Gasteiger charge is -2.34. The van der Waals surface area contributed by atoms with E-state index < -0.39 is 0 Å². The SMILES string of the molecule is Cc1nc2n(n1)[C@@H](c1ccccc1Cl)C1=C(C[C@@H](c3ccco3)CC1=O)N2. The van der Waals surface area contributed by atoms with Gasteiger partial charge in [-0.25, -0.2) is 4.68 Å². The lowest BCUT2D eigenvalue weighted by atomic mass is 9.79. The van der Waals surface area contributed by atoms with Gasteiger partial charge in [0.15, 0.2) is 5.78 Å². The van der Waals surface area contributed by atoms with E-state index in [2.05, 4.69) is 15.4 Å². The standard InChI is InChI=1S/C20H17ClN4O2/c1-11-22-20-23-15-9-12(17-7-4-8-27-17)10-16(26)18(15)19(25(20)24-11)13-5-2-3-6-14(13)21/h2-8,12,19H,9-10H2,1H3,(H,22,23,24)/t12-,19+/m1/s1. The quantitative estimate of drug-likeness (QED) is 0.719. The van der Waals surface area contributed by atoms with Crippen LogP contribution in [0.25, 0.3) is 0 Å². The maximum atomic E-state index is 13.2. The number of carbonyl (C=O) groups is 1. The van der Waals surface area contributed by atoms with Gasteiger partial charge in [-0.15, -0.1) is 0 Å². The van der Waals surface area contributed by atoms with E-state index in [-0.39, 0.29) is 17.7 Å². The Morgan fingerprint density at radius 3 is 2.85 bits per heavy atom. The van der Waals surface area contributed by atoms with Crippen LogP contribution in [0.1, 0.15) is 41.9 Å². The molecule has 0 radical (unpaired) electrons. The number of halogens is 1. The lowest BCUT2D eigenvalue weighted by Crippen LogP contribution is -2.33. The number of anilines is 1. The zero-order valence-corrected chi connectivity index (χ0v) is 15.4. The Morgan fingerprint density at radius 2 is 2.07 bits per heavy atom. The van der Waals surface area contributed by atoms with Gasteiger partial charge in [0.1, 0.15) is 17.6 Å². The zero-order chi connectivity index (χ0) is 18.5. The summed E-state index contributed by atoms with van der Waals surface area (Å²) in [6, 6.07) is 11.0. The number of benzene rings is 1. The van der Waals surface area contributed by atoms with E-state index in [1.54, 1.807) is 10.9 Å². The molecule has 3 aromatic rings. The van der Waals surface area contributed by atoms with Crippen LogP contribution in [0.15, 0.2) is 58.3 Å². The number of hydrogen-bond donors (Lipinski definition) is 1.